The first-order chi connectivity index (χ1) is 38.3. The van der Waals surface area contributed by atoms with Gasteiger partial charge in [0.2, 0.25) is 0 Å². The highest BCUT2D eigenvalue weighted by atomic mass is 32.1. The molecule has 8 aromatic carbocycles. The predicted octanol–water partition coefficient (Wildman–Crippen LogP) is 19.4. The molecule has 406 valence electrons. The average Bonchev–Trinajstić information content (AvgIpc) is 2.19. The third-order valence-corrected chi connectivity index (χ3v) is 22.2. The van der Waals surface area contributed by atoms with E-state index in [1.165, 1.54) is 140 Å². The van der Waals surface area contributed by atoms with Crippen molar-refractivity contribution in [2.75, 3.05) is 14.7 Å². The first-order valence-electron chi connectivity index (χ1n) is 30.2. The number of fused-ring (bicyclic) bond motifs is 13. The van der Waals surface area contributed by atoms with Gasteiger partial charge in [0, 0.05) is 54.4 Å². The standard InChI is InChI=1S/C76H78BN3S/c1-70(2,3)45-28-30-48(31-29-45)78(47-22-17-16-18-23-47)50-41-62-66-63(42-50)80-61-27-21-25-52-51-24-19-20-26-54(51)76(15,65(52)61)59-38-46(71(4,5)6)39-60(68(59)80)77(66)69-67(53-43-57-58(44-64(53)81-69)75(13,14)37-36-74(57,11)12)79(62)49-32-33-55-56(40-49)73(9,10)35-34-72(55,7)8/h16-33,38-44H,34-37H2,1-15H3. The Hall–Kier alpha value is -6.82. The molecule has 0 saturated carbocycles. The van der Waals surface area contributed by atoms with Gasteiger partial charge in [-0.1, -0.05) is 182 Å². The van der Waals surface area contributed by atoms with Crippen molar-refractivity contribution >= 4 is 95.0 Å². The number of benzene rings is 8. The van der Waals surface area contributed by atoms with Crippen LogP contribution in [-0.2, 0) is 37.9 Å². The van der Waals surface area contributed by atoms with E-state index in [9.17, 15) is 0 Å². The van der Waals surface area contributed by atoms with Crippen LogP contribution < -0.4 is 30.4 Å². The molecule has 1 aromatic heterocycles. The minimum atomic E-state index is -0.378. The highest BCUT2D eigenvalue weighted by Crippen LogP contribution is 2.64. The van der Waals surface area contributed by atoms with Crippen molar-refractivity contribution in [1.82, 2.24) is 0 Å². The first-order valence-corrected chi connectivity index (χ1v) is 31.0. The molecule has 3 aliphatic heterocycles. The first kappa shape index (κ1) is 51.1. The van der Waals surface area contributed by atoms with Crippen LogP contribution in [0.1, 0.15) is 180 Å². The molecule has 4 heterocycles. The lowest BCUT2D eigenvalue weighted by Gasteiger charge is -2.50. The molecule has 0 fully saturated rings. The fourth-order valence-electron chi connectivity index (χ4n) is 16.0. The summed E-state index contributed by atoms with van der Waals surface area (Å²) in [4.78, 5) is 8.08. The SMILES string of the molecule is CC(C)(C)c1ccc(N(c2ccccc2)c2cc3c4c(c2)N(c2ccc5c(c2)C(C)(C)CCC5(C)C)c2c(sc5cc6c(cc25)C(C)(C)CCC6(C)C)B4c2cc(C(C)(C)C)cc4c2N3c2cccc3c2C4(C)c2ccccc2-3)cc1. The molecule has 0 spiro atoms. The van der Waals surface area contributed by atoms with Crippen LogP contribution in [0.2, 0.25) is 0 Å². The van der Waals surface area contributed by atoms with Gasteiger partial charge in [0.1, 0.15) is 0 Å². The lowest BCUT2D eigenvalue weighted by Crippen LogP contribution is -2.61. The van der Waals surface area contributed by atoms with E-state index < -0.39 is 0 Å². The fraction of sp³-hybridized carbons (Fsp3) is 0.342. The molecular weight excluding hydrogens is 998 g/mol. The van der Waals surface area contributed by atoms with Gasteiger partial charge >= 0.3 is 0 Å². The zero-order chi connectivity index (χ0) is 56.5. The third-order valence-electron chi connectivity index (χ3n) is 21.0. The third kappa shape index (κ3) is 7.06. The van der Waals surface area contributed by atoms with E-state index in [2.05, 4.69) is 282 Å². The molecule has 81 heavy (non-hydrogen) atoms. The van der Waals surface area contributed by atoms with E-state index in [-0.39, 0.29) is 44.6 Å². The topological polar surface area (TPSA) is 9.72 Å². The van der Waals surface area contributed by atoms with Gasteiger partial charge < -0.3 is 14.7 Å². The van der Waals surface area contributed by atoms with Crippen LogP contribution in [0.15, 0.2) is 152 Å². The van der Waals surface area contributed by atoms with Crippen molar-refractivity contribution in [2.45, 2.75) is 167 Å². The smallest absolute Gasteiger partial charge is 0.264 e. The van der Waals surface area contributed by atoms with Crippen LogP contribution in [0, 0.1) is 0 Å². The zero-order valence-corrected chi connectivity index (χ0v) is 51.4. The number of thiophene rings is 1. The summed E-state index contributed by atoms with van der Waals surface area (Å²) in [6, 6.07) is 60.5. The number of nitrogens with zero attached hydrogens (tertiary/aromatic N) is 3. The van der Waals surface area contributed by atoms with Crippen molar-refractivity contribution in [3.63, 3.8) is 0 Å². The second-order valence-corrected chi connectivity index (χ2v) is 31.1. The fourth-order valence-corrected chi connectivity index (χ4v) is 17.4. The van der Waals surface area contributed by atoms with Gasteiger partial charge in [0.05, 0.1) is 17.1 Å². The second kappa shape index (κ2) is 16.5. The molecule has 0 N–H and O–H groups in total. The number of hydrogen-bond donors (Lipinski definition) is 0. The molecule has 0 amide bonds. The summed E-state index contributed by atoms with van der Waals surface area (Å²) in [5, 5.41) is 1.38. The Balaban J connectivity index is 1.13. The molecule has 0 saturated heterocycles. The summed E-state index contributed by atoms with van der Waals surface area (Å²) in [6.45, 7) is 36.7. The molecular formula is C76H78BN3S. The summed E-state index contributed by atoms with van der Waals surface area (Å²) in [5.74, 6) is 0. The Bertz CT molecular complexity index is 4180. The largest absolute Gasteiger partial charge is 0.311 e. The van der Waals surface area contributed by atoms with Crippen LogP contribution in [0.5, 0.6) is 0 Å². The van der Waals surface area contributed by atoms with E-state index in [1.54, 1.807) is 0 Å². The van der Waals surface area contributed by atoms with Crippen molar-refractivity contribution in [1.29, 1.82) is 0 Å². The lowest BCUT2D eigenvalue weighted by atomic mass is 9.35. The van der Waals surface area contributed by atoms with Gasteiger partial charge in [-0.25, -0.2) is 0 Å². The molecule has 5 heteroatoms. The monoisotopic (exact) mass is 1080 g/mol. The Labute approximate surface area is 487 Å². The van der Waals surface area contributed by atoms with E-state index in [0.29, 0.717) is 0 Å². The van der Waals surface area contributed by atoms with Crippen molar-refractivity contribution in [2.24, 2.45) is 0 Å². The van der Waals surface area contributed by atoms with Crippen LogP contribution >= 0.6 is 11.3 Å². The second-order valence-electron chi connectivity index (χ2n) is 30.0. The van der Waals surface area contributed by atoms with Gasteiger partial charge in [-0.3, -0.25) is 0 Å². The quantitative estimate of drug-likeness (QED) is 0.163. The van der Waals surface area contributed by atoms with E-state index in [0.717, 1.165) is 23.5 Å². The highest BCUT2D eigenvalue weighted by molar-refractivity contribution is 7.33. The van der Waals surface area contributed by atoms with Crippen molar-refractivity contribution in [3.8, 4) is 11.1 Å². The van der Waals surface area contributed by atoms with Crippen LogP contribution in [0.25, 0.3) is 21.2 Å². The molecule has 15 rings (SSSR count). The van der Waals surface area contributed by atoms with Gasteiger partial charge in [0.25, 0.3) is 6.71 Å². The predicted molar refractivity (Wildman–Crippen MR) is 349 cm³/mol. The van der Waals surface area contributed by atoms with E-state index >= 15 is 0 Å². The Kier molecular flexibility index (Phi) is 10.4. The number of para-hydroxylation sites is 1. The van der Waals surface area contributed by atoms with E-state index in [4.69, 9.17) is 0 Å². The molecule has 9 aromatic rings. The number of hydrogen-bond acceptors (Lipinski definition) is 4. The number of anilines is 9. The summed E-state index contributed by atoms with van der Waals surface area (Å²) >= 11 is 2.08. The lowest BCUT2D eigenvalue weighted by molar-refractivity contribution is 0.332. The van der Waals surface area contributed by atoms with Crippen LogP contribution in [-0.4, -0.2) is 6.71 Å². The number of rotatable bonds is 4. The van der Waals surface area contributed by atoms with Crippen LogP contribution in [0.4, 0.5) is 51.2 Å². The molecule has 1 atom stereocenters. The molecule has 3 aliphatic carbocycles. The van der Waals surface area contributed by atoms with Crippen molar-refractivity contribution < 1.29 is 0 Å². The highest BCUT2D eigenvalue weighted by Gasteiger charge is 2.55. The molecule has 0 bridgehead atoms. The Morgan fingerprint density at radius 1 is 0.444 bits per heavy atom. The van der Waals surface area contributed by atoms with Crippen molar-refractivity contribution in [3.05, 3.63) is 202 Å². The molecule has 0 radical (unpaired) electrons. The maximum absolute atomic E-state index is 2.78. The molecule has 6 aliphatic rings. The van der Waals surface area contributed by atoms with E-state index in [1.807, 2.05) is 0 Å². The summed E-state index contributed by atoms with van der Waals surface area (Å²) in [7, 11) is 0. The summed E-state index contributed by atoms with van der Waals surface area (Å²) in [6.07, 6.45) is 4.68. The normalized spacial score (nSPS) is 19.7. The maximum atomic E-state index is 2.78. The minimum Gasteiger partial charge on any atom is -0.311 e. The average molecular weight is 1080 g/mol. The summed E-state index contributed by atoms with van der Waals surface area (Å²) < 4.78 is 2.84. The Morgan fingerprint density at radius 3 is 1.69 bits per heavy atom. The zero-order valence-electron chi connectivity index (χ0n) is 50.6. The molecule has 1 unspecified atom stereocenters. The van der Waals surface area contributed by atoms with Gasteiger partial charge in [0.15, 0.2) is 0 Å². The van der Waals surface area contributed by atoms with Gasteiger partial charge in [-0.05, 0) is 204 Å². The van der Waals surface area contributed by atoms with Gasteiger partial charge in [-0.15, -0.1) is 11.3 Å². The van der Waals surface area contributed by atoms with Crippen LogP contribution in [0.3, 0.4) is 0 Å². The molecule has 3 nitrogen and oxygen atoms in total. The van der Waals surface area contributed by atoms with Gasteiger partial charge in [-0.2, -0.15) is 0 Å². The Morgan fingerprint density at radius 2 is 1.02 bits per heavy atom. The maximum Gasteiger partial charge on any atom is 0.264 e. The summed E-state index contributed by atoms with van der Waals surface area (Å²) in [5.41, 5.74) is 29.4. The minimum absolute atomic E-state index is 0.0157.